The standard InChI is InChI=1S/C22H26BrNO2/c1-2-3-4-5-6-22(24)26-18-11-12-20-19(13-14-25-21(20)15-18)16-7-9-17(23)10-8-16/h7-13,15,22H,2-6,14,24H2,1H3. The van der Waals surface area contributed by atoms with E-state index in [0.29, 0.717) is 6.61 Å². The maximum absolute atomic E-state index is 6.12. The van der Waals surface area contributed by atoms with Gasteiger partial charge in [-0.25, -0.2) is 0 Å². The van der Waals surface area contributed by atoms with Crippen molar-refractivity contribution in [1.29, 1.82) is 0 Å². The van der Waals surface area contributed by atoms with Gasteiger partial charge in [-0.15, -0.1) is 0 Å². The Morgan fingerprint density at radius 2 is 1.92 bits per heavy atom. The normalized spacial score (nSPS) is 14.2. The van der Waals surface area contributed by atoms with Crippen LogP contribution < -0.4 is 15.2 Å². The van der Waals surface area contributed by atoms with Crippen LogP contribution in [0.25, 0.3) is 5.57 Å². The van der Waals surface area contributed by atoms with Crippen molar-refractivity contribution < 1.29 is 9.47 Å². The highest BCUT2D eigenvalue weighted by molar-refractivity contribution is 9.10. The van der Waals surface area contributed by atoms with Crippen LogP contribution in [0.4, 0.5) is 0 Å². The van der Waals surface area contributed by atoms with Crippen molar-refractivity contribution in [2.75, 3.05) is 6.61 Å². The van der Waals surface area contributed by atoms with Crippen molar-refractivity contribution in [2.24, 2.45) is 5.73 Å². The smallest absolute Gasteiger partial charge is 0.147 e. The number of hydrogen-bond acceptors (Lipinski definition) is 3. The van der Waals surface area contributed by atoms with Crippen LogP contribution in [0.3, 0.4) is 0 Å². The predicted octanol–water partition coefficient (Wildman–Crippen LogP) is 5.91. The van der Waals surface area contributed by atoms with Crippen LogP contribution in [0, 0.1) is 0 Å². The van der Waals surface area contributed by atoms with Gasteiger partial charge in [0.2, 0.25) is 0 Å². The third-order valence-corrected chi connectivity index (χ3v) is 5.08. The molecule has 1 atom stereocenters. The maximum Gasteiger partial charge on any atom is 0.147 e. The first-order valence-electron chi connectivity index (χ1n) is 9.33. The van der Waals surface area contributed by atoms with Crippen LogP contribution in [-0.2, 0) is 0 Å². The first-order chi connectivity index (χ1) is 12.7. The fourth-order valence-electron chi connectivity index (χ4n) is 3.15. The van der Waals surface area contributed by atoms with Crippen LogP contribution in [0.5, 0.6) is 11.5 Å². The van der Waals surface area contributed by atoms with E-state index >= 15 is 0 Å². The molecule has 1 heterocycles. The van der Waals surface area contributed by atoms with Crippen LogP contribution >= 0.6 is 15.9 Å². The molecule has 1 aliphatic rings. The first-order valence-corrected chi connectivity index (χ1v) is 10.1. The molecule has 0 aliphatic carbocycles. The molecule has 3 nitrogen and oxygen atoms in total. The van der Waals surface area contributed by atoms with Crippen molar-refractivity contribution >= 4 is 21.5 Å². The van der Waals surface area contributed by atoms with E-state index in [4.69, 9.17) is 15.2 Å². The summed E-state index contributed by atoms with van der Waals surface area (Å²) in [6.45, 7) is 2.77. The minimum absolute atomic E-state index is 0.269. The van der Waals surface area contributed by atoms with E-state index in [1.165, 1.54) is 30.4 Å². The second-order valence-electron chi connectivity index (χ2n) is 6.60. The topological polar surface area (TPSA) is 44.5 Å². The Morgan fingerprint density at radius 1 is 1.12 bits per heavy atom. The van der Waals surface area contributed by atoms with E-state index in [2.05, 4.69) is 59.3 Å². The molecule has 138 valence electrons. The average Bonchev–Trinajstić information content (AvgIpc) is 2.65. The van der Waals surface area contributed by atoms with Gasteiger partial charge in [0, 0.05) is 16.1 Å². The number of fused-ring (bicyclic) bond motifs is 1. The summed E-state index contributed by atoms with van der Waals surface area (Å²) in [6, 6.07) is 14.3. The van der Waals surface area contributed by atoms with Crippen molar-refractivity contribution in [3.05, 3.63) is 64.1 Å². The Balaban J connectivity index is 1.69. The fraction of sp³-hybridized carbons (Fsp3) is 0.364. The largest absolute Gasteiger partial charge is 0.489 e. The molecule has 1 unspecified atom stereocenters. The highest BCUT2D eigenvalue weighted by Crippen LogP contribution is 2.37. The molecule has 2 aromatic rings. The van der Waals surface area contributed by atoms with E-state index < -0.39 is 0 Å². The number of nitrogens with two attached hydrogens (primary N) is 1. The van der Waals surface area contributed by atoms with Gasteiger partial charge in [-0.1, -0.05) is 54.2 Å². The third-order valence-electron chi connectivity index (χ3n) is 4.55. The van der Waals surface area contributed by atoms with Gasteiger partial charge in [-0.2, -0.15) is 0 Å². The number of unbranched alkanes of at least 4 members (excludes halogenated alkanes) is 3. The first kappa shape index (κ1) is 19.0. The second-order valence-corrected chi connectivity index (χ2v) is 7.51. The van der Waals surface area contributed by atoms with E-state index in [0.717, 1.165) is 34.4 Å². The lowest BCUT2D eigenvalue weighted by molar-refractivity contribution is 0.193. The number of hydrogen-bond donors (Lipinski definition) is 1. The van der Waals surface area contributed by atoms with Gasteiger partial charge in [0.25, 0.3) is 0 Å². The second kappa shape index (κ2) is 9.24. The molecule has 0 bridgehead atoms. The lowest BCUT2D eigenvalue weighted by Gasteiger charge is -2.21. The molecule has 1 aliphatic heterocycles. The summed E-state index contributed by atoms with van der Waals surface area (Å²) in [6.07, 6.45) is 7.52. The van der Waals surface area contributed by atoms with Gasteiger partial charge in [0.15, 0.2) is 0 Å². The molecule has 0 saturated carbocycles. The van der Waals surface area contributed by atoms with E-state index in [1.54, 1.807) is 0 Å². The Labute approximate surface area is 164 Å². The van der Waals surface area contributed by atoms with Gasteiger partial charge >= 0.3 is 0 Å². The van der Waals surface area contributed by atoms with Gasteiger partial charge in [0.05, 0.1) is 0 Å². The molecule has 0 spiro atoms. The molecule has 2 aromatic carbocycles. The van der Waals surface area contributed by atoms with Crippen molar-refractivity contribution in [2.45, 2.75) is 45.3 Å². The Bertz CT molecular complexity index is 755. The fourth-order valence-corrected chi connectivity index (χ4v) is 3.42. The van der Waals surface area contributed by atoms with Gasteiger partial charge < -0.3 is 9.47 Å². The minimum Gasteiger partial charge on any atom is -0.489 e. The summed E-state index contributed by atoms with van der Waals surface area (Å²) in [5.41, 5.74) is 9.57. The summed E-state index contributed by atoms with van der Waals surface area (Å²) < 4.78 is 12.8. The number of ether oxygens (including phenoxy) is 2. The molecular weight excluding hydrogens is 390 g/mol. The Kier molecular flexibility index (Phi) is 6.75. The molecule has 0 aromatic heterocycles. The highest BCUT2D eigenvalue weighted by atomic mass is 79.9. The zero-order chi connectivity index (χ0) is 18.4. The quantitative estimate of drug-likeness (QED) is 0.430. The summed E-state index contributed by atoms with van der Waals surface area (Å²) >= 11 is 3.49. The van der Waals surface area contributed by atoms with Gasteiger partial charge in [0.1, 0.15) is 24.3 Å². The summed E-state index contributed by atoms with van der Waals surface area (Å²) in [7, 11) is 0. The van der Waals surface area contributed by atoms with Crippen LogP contribution in [-0.4, -0.2) is 12.8 Å². The van der Waals surface area contributed by atoms with Crippen LogP contribution in [0.1, 0.15) is 50.2 Å². The zero-order valence-corrected chi connectivity index (χ0v) is 16.8. The van der Waals surface area contributed by atoms with Gasteiger partial charge in [-0.05, 0) is 54.3 Å². The van der Waals surface area contributed by atoms with Gasteiger partial charge in [-0.3, -0.25) is 5.73 Å². The Hall–Kier alpha value is -1.78. The number of rotatable bonds is 8. The number of halogens is 1. The zero-order valence-electron chi connectivity index (χ0n) is 15.2. The Morgan fingerprint density at radius 3 is 2.69 bits per heavy atom. The SMILES string of the molecule is CCCCCCC(N)Oc1ccc2c(c1)OCC=C2c1ccc(Br)cc1. The molecule has 0 radical (unpaired) electrons. The molecule has 0 fully saturated rings. The average molecular weight is 416 g/mol. The molecule has 0 saturated heterocycles. The van der Waals surface area contributed by atoms with Crippen LogP contribution in [0.2, 0.25) is 0 Å². The molecular formula is C22H26BrNO2. The molecule has 4 heteroatoms. The van der Waals surface area contributed by atoms with Crippen LogP contribution in [0.15, 0.2) is 53.0 Å². The van der Waals surface area contributed by atoms with E-state index in [1.807, 2.05) is 12.1 Å². The van der Waals surface area contributed by atoms with E-state index in [9.17, 15) is 0 Å². The summed E-state index contributed by atoms with van der Waals surface area (Å²) in [5, 5.41) is 0. The monoisotopic (exact) mass is 415 g/mol. The maximum atomic E-state index is 6.12. The highest BCUT2D eigenvalue weighted by Gasteiger charge is 2.17. The molecule has 3 rings (SSSR count). The number of benzene rings is 2. The van der Waals surface area contributed by atoms with Crippen molar-refractivity contribution in [3.8, 4) is 11.5 Å². The van der Waals surface area contributed by atoms with E-state index in [-0.39, 0.29) is 6.23 Å². The van der Waals surface area contributed by atoms with Crippen molar-refractivity contribution in [3.63, 3.8) is 0 Å². The molecule has 26 heavy (non-hydrogen) atoms. The summed E-state index contributed by atoms with van der Waals surface area (Å²) in [4.78, 5) is 0. The van der Waals surface area contributed by atoms with Crippen molar-refractivity contribution in [1.82, 2.24) is 0 Å². The summed E-state index contributed by atoms with van der Waals surface area (Å²) in [5.74, 6) is 1.62. The molecule has 0 amide bonds. The predicted molar refractivity (Wildman–Crippen MR) is 111 cm³/mol. The minimum atomic E-state index is -0.269. The lowest BCUT2D eigenvalue weighted by Crippen LogP contribution is -2.27. The third kappa shape index (κ3) is 4.89. The molecule has 2 N–H and O–H groups in total. The lowest BCUT2D eigenvalue weighted by atomic mass is 9.95.